The predicted molar refractivity (Wildman–Crippen MR) is 130 cm³/mol. The van der Waals surface area contributed by atoms with E-state index in [0.29, 0.717) is 18.7 Å². The molecule has 1 fully saturated rings. The summed E-state index contributed by atoms with van der Waals surface area (Å²) < 4.78 is 10.6. The van der Waals surface area contributed by atoms with Gasteiger partial charge in [0.1, 0.15) is 0 Å². The summed E-state index contributed by atoms with van der Waals surface area (Å²) in [6.07, 6.45) is 5.69. The Hall–Kier alpha value is -3.16. The highest BCUT2D eigenvalue weighted by Crippen LogP contribution is 2.37. The number of nitrogens with zero attached hydrogens (tertiary/aromatic N) is 3. The lowest BCUT2D eigenvalue weighted by atomic mass is 9.76. The molecule has 2 aromatic rings. The Labute approximate surface area is 200 Å². The Kier molecular flexibility index (Phi) is 6.65. The lowest BCUT2D eigenvalue weighted by Gasteiger charge is -2.37. The molecule has 1 aliphatic carbocycles. The molecule has 0 bridgehead atoms. The molecule has 2 atom stereocenters. The maximum Gasteiger partial charge on any atom is 0.247 e. The van der Waals surface area contributed by atoms with Gasteiger partial charge in [-0.15, -0.1) is 0 Å². The predicted octanol–water partition coefficient (Wildman–Crippen LogP) is 3.56. The number of carbonyl (C=O) groups excluding carboxylic acids is 1. The first-order chi connectivity index (χ1) is 16.6. The zero-order chi connectivity index (χ0) is 23.5. The summed E-state index contributed by atoms with van der Waals surface area (Å²) in [5.74, 6) is 0.434. The minimum absolute atomic E-state index is 0.0115. The van der Waals surface area contributed by atoms with E-state index < -0.39 is 0 Å². The van der Waals surface area contributed by atoms with Crippen molar-refractivity contribution < 1.29 is 19.4 Å². The number of phenols is 1. The van der Waals surface area contributed by atoms with Crippen LogP contribution in [0.25, 0.3) is 0 Å². The van der Waals surface area contributed by atoms with E-state index in [2.05, 4.69) is 41.3 Å². The van der Waals surface area contributed by atoms with Crippen LogP contribution in [0.5, 0.6) is 11.5 Å². The standard InChI is InChI=1S/C27H31N3O4/c1-33-25-11-10-21(16-24(25)31)26-22-4-2-3-5-23(22)27(32)30(28-26)18-20-8-6-19(7-9-20)17-29-12-14-34-15-13-29/h2-3,6-11,16,22-23,31H,4-5,12-15,17-18H2,1H3/t22-,23+/m0/s1. The minimum Gasteiger partial charge on any atom is -0.504 e. The van der Waals surface area contributed by atoms with E-state index in [9.17, 15) is 9.90 Å². The molecular weight excluding hydrogens is 430 g/mol. The number of phenolic OH excluding ortho intramolecular Hbond substituents is 1. The van der Waals surface area contributed by atoms with Crippen LogP contribution < -0.4 is 4.74 Å². The molecule has 0 saturated carbocycles. The van der Waals surface area contributed by atoms with Gasteiger partial charge in [-0.25, -0.2) is 5.01 Å². The Morgan fingerprint density at radius 2 is 1.68 bits per heavy atom. The summed E-state index contributed by atoms with van der Waals surface area (Å²) in [6, 6.07) is 13.8. The number of ether oxygens (including phenoxy) is 2. The van der Waals surface area contributed by atoms with Gasteiger partial charge in [-0.1, -0.05) is 36.4 Å². The number of methoxy groups -OCH3 is 1. The van der Waals surface area contributed by atoms with E-state index in [1.54, 1.807) is 17.1 Å². The molecule has 0 radical (unpaired) electrons. The molecular formula is C27H31N3O4. The van der Waals surface area contributed by atoms with E-state index >= 15 is 0 Å². The Balaban J connectivity index is 1.37. The van der Waals surface area contributed by atoms with Gasteiger partial charge in [0.2, 0.25) is 5.91 Å². The number of allylic oxidation sites excluding steroid dienone is 2. The number of hydrazone groups is 1. The summed E-state index contributed by atoms with van der Waals surface area (Å²) in [7, 11) is 1.53. The molecule has 0 unspecified atom stereocenters. The van der Waals surface area contributed by atoms with Crippen molar-refractivity contribution >= 4 is 11.6 Å². The van der Waals surface area contributed by atoms with Crippen molar-refractivity contribution in [3.05, 3.63) is 71.3 Å². The fourth-order valence-electron chi connectivity index (χ4n) is 5.01. The zero-order valence-electron chi connectivity index (χ0n) is 19.5. The van der Waals surface area contributed by atoms with Gasteiger partial charge in [0.05, 0.1) is 38.5 Å². The second kappa shape index (κ2) is 9.99. The summed E-state index contributed by atoms with van der Waals surface area (Å²) in [4.78, 5) is 15.7. The second-order valence-corrected chi connectivity index (χ2v) is 9.13. The molecule has 1 amide bonds. The number of fused-ring (bicyclic) bond motifs is 1. The zero-order valence-corrected chi connectivity index (χ0v) is 19.5. The fraction of sp³-hybridized carbons (Fsp3) is 0.407. The quantitative estimate of drug-likeness (QED) is 0.666. The Morgan fingerprint density at radius 1 is 1.00 bits per heavy atom. The highest BCUT2D eigenvalue weighted by atomic mass is 16.5. The number of aromatic hydroxyl groups is 1. The fourth-order valence-corrected chi connectivity index (χ4v) is 5.01. The highest BCUT2D eigenvalue weighted by Gasteiger charge is 2.40. The van der Waals surface area contributed by atoms with E-state index in [1.807, 2.05) is 6.07 Å². The van der Waals surface area contributed by atoms with Crippen molar-refractivity contribution in [3.63, 3.8) is 0 Å². The van der Waals surface area contributed by atoms with Crippen LogP contribution in [0.15, 0.2) is 59.7 Å². The highest BCUT2D eigenvalue weighted by molar-refractivity contribution is 6.07. The number of hydrogen-bond acceptors (Lipinski definition) is 6. The first-order valence-electron chi connectivity index (χ1n) is 11.9. The van der Waals surface area contributed by atoms with Crippen LogP contribution in [-0.4, -0.2) is 60.0 Å². The van der Waals surface area contributed by atoms with Crippen LogP contribution in [0, 0.1) is 11.8 Å². The summed E-state index contributed by atoms with van der Waals surface area (Å²) in [5.41, 5.74) is 3.97. The molecule has 5 rings (SSSR count). The van der Waals surface area contributed by atoms with Crippen molar-refractivity contribution in [3.8, 4) is 11.5 Å². The molecule has 3 aliphatic rings. The Bertz CT molecular complexity index is 1090. The van der Waals surface area contributed by atoms with Crippen LogP contribution in [0.2, 0.25) is 0 Å². The van der Waals surface area contributed by atoms with Crippen LogP contribution in [0.4, 0.5) is 0 Å². The maximum atomic E-state index is 13.3. The molecule has 34 heavy (non-hydrogen) atoms. The largest absolute Gasteiger partial charge is 0.504 e. The SMILES string of the molecule is COc1ccc(C2=NN(Cc3ccc(CN4CCOCC4)cc3)C(=O)[C@@H]3CC=CC[C@H]23)cc1O. The van der Waals surface area contributed by atoms with Gasteiger partial charge in [0.15, 0.2) is 11.5 Å². The van der Waals surface area contributed by atoms with Gasteiger partial charge in [-0.05, 0) is 42.2 Å². The Morgan fingerprint density at radius 3 is 2.35 bits per heavy atom. The van der Waals surface area contributed by atoms with Crippen LogP contribution in [0.1, 0.15) is 29.5 Å². The molecule has 2 heterocycles. The average Bonchev–Trinajstić information content (AvgIpc) is 2.87. The van der Waals surface area contributed by atoms with Gasteiger partial charge >= 0.3 is 0 Å². The van der Waals surface area contributed by atoms with E-state index in [0.717, 1.165) is 56.1 Å². The number of carbonyl (C=O) groups is 1. The molecule has 7 heteroatoms. The molecule has 2 aromatic carbocycles. The van der Waals surface area contributed by atoms with Gasteiger partial charge in [0.25, 0.3) is 0 Å². The maximum absolute atomic E-state index is 13.3. The summed E-state index contributed by atoms with van der Waals surface area (Å²) >= 11 is 0. The molecule has 7 nitrogen and oxygen atoms in total. The third-order valence-electron chi connectivity index (χ3n) is 6.92. The lowest BCUT2D eigenvalue weighted by molar-refractivity contribution is -0.138. The normalized spacial score (nSPS) is 22.9. The smallest absolute Gasteiger partial charge is 0.247 e. The molecule has 1 saturated heterocycles. The topological polar surface area (TPSA) is 74.6 Å². The van der Waals surface area contributed by atoms with Crippen molar-refractivity contribution in [2.24, 2.45) is 16.9 Å². The number of morpholine rings is 1. The molecule has 1 N–H and O–H groups in total. The van der Waals surface area contributed by atoms with Crippen molar-refractivity contribution in [2.45, 2.75) is 25.9 Å². The number of hydrogen-bond donors (Lipinski definition) is 1. The van der Waals surface area contributed by atoms with Gasteiger partial charge in [-0.2, -0.15) is 5.10 Å². The van der Waals surface area contributed by atoms with E-state index in [1.165, 1.54) is 12.7 Å². The molecule has 2 aliphatic heterocycles. The van der Waals surface area contributed by atoms with Crippen LogP contribution in [0.3, 0.4) is 0 Å². The molecule has 0 aromatic heterocycles. The summed E-state index contributed by atoms with van der Waals surface area (Å²) in [6.45, 7) is 4.83. The monoisotopic (exact) mass is 461 g/mol. The van der Waals surface area contributed by atoms with Crippen LogP contribution in [-0.2, 0) is 22.6 Å². The lowest BCUT2D eigenvalue weighted by Crippen LogP contribution is -2.45. The van der Waals surface area contributed by atoms with Crippen molar-refractivity contribution in [1.82, 2.24) is 9.91 Å². The summed E-state index contributed by atoms with van der Waals surface area (Å²) in [5, 5.41) is 16.8. The number of rotatable bonds is 6. The molecule has 178 valence electrons. The number of amides is 1. The van der Waals surface area contributed by atoms with Gasteiger partial charge in [-0.3, -0.25) is 9.69 Å². The average molecular weight is 462 g/mol. The number of benzene rings is 2. The first kappa shape index (κ1) is 22.6. The van der Waals surface area contributed by atoms with E-state index in [-0.39, 0.29) is 23.5 Å². The first-order valence-corrected chi connectivity index (χ1v) is 11.9. The van der Waals surface area contributed by atoms with Gasteiger partial charge < -0.3 is 14.6 Å². The van der Waals surface area contributed by atoms with E-state index in [4.69, 9.17) is 14.6 Å². The third kappa shape index (κ3) is 4.72. The van der Waals surface area contributed by atoms with Gasteiger partial charge in [0, 0.05) is 31.1 Å². The van der Waals surface area contributed by atoms with Crippen molar-refractivity contribution in [2.75, 3.05) is 33.4 Å². The van der Waals surface area contributed by atoms with Crippen molar-refractivity contribution in [1.29, 1.82) is 0 Å². The molecule has 0 spiro atoms. The third-order valence-corrected chi connectivity index (χ3v) is 6.92. The second-order valence-electron chi connectivity index (χ2n) is 9.13. The minimum atomic E-state index is -0.137. The van der Waals surface area contributed by atoms with Crippen LogP contribution >= 0.6 is 0 Å².